The monoisotopic (exact) mass is 552 g/mol. The van der Waals surface area contributed by atoms with Gasteiger partial charge in [-0.25, -0.2) is 4.79 Å². The fourth-order valence-corrected chi connectivity index (χ4v) is 4.69. The maximum atomic E-state index is 14.2. The number of amides is 4. The van der Waals surface area contributed by atoms with E-state index in [1.807, 2.05) is 71.0 Å². The van der Waals surface area contributed by atoms with Crippen LogP contribution in [0.4, 0.5) is 10.5 Å². The lowest BCUT2D eigenvalue weighted by molar-refractivity contribution is -0.141. The summed E-state index contributed by atoms with van der Waals surface area (Å²) in [5.74, 6) is -1.48. The molecular formula is C31H44N4O5. The third-order valence-corrected chi connectivity index (χ3v) is 6.52. The summed E-state index contributed by atoms with van der Waals surface area (Å²) in [5.41, 5.74) is 9.48. The molecule has 0 fully saturated rings. The molecule has 0 aliphatic rings. The molecule has 0 saturated carbocycles. The zero-order valence-corrected chi connectivity index (χ0v) is 25.0. The minimum atomic E-state index is -1.13. The molecule has 0 radical (unpaired) electrons. The second kappa shape index (κ2) is 14.0. The standard InChI is InChI=1S/C31H44N4O5/c1-9-18-35(29(38)23(16-17-24(32)36)33-30(39)40-31(6,7)8)27(25-19(2)12-10-13-20(25)3)28(37)34-26-21(4)14-11-15-22(26)5/h10-15,23,27H,9,16-18H2,1-8H3,(H2,32,36)(H,33,39)(H,34,37). The molecule has 9 nitrogen and oxygen atoms in total. The predicted octanol–water partition coefficient (Wildman–Crippen LogP) is 5.00. The summed E-state index contributed by atoms with van der Waals surface area (Å²) >= 11 is 0. The van der Waals surface area contributed by atoms with Crippen molar-refractivity contribution >= 4 is 29.5 Å². The predicted molar refractivity (Wildman–Crippen MR) is 157 cm³/mol. The maximum Gasteiger partial charge on any atom is 0.408 e. The van der Waals surface area contributed by atoms with Crippen molar-refractivity contribution in [3.8, 4) is 0 Å². The van der Waals surface area contributed by atoms with Gasteiger partial charge in [0, 0.05) is 18.7 Å². The van der Waals surface area contributed by atoms with Crippen molar-refractivity contribution in [1.29, 1.82) is 0 Å². The third-order valence-electron chi connectivity index (χ3n) is 6.52. The van der Waals surface area contributed by atoms with Crippen LogP contribution in [0.25, 0.3) is 0 Å². The Hall–Kier alpha value is -3.88. The maximum absolute atomic E-state index is 14.2. The van der Waals surface area contributed by atoms with Gasteiger partial charge in [0.05, 0.1) is 0 Å². The van der Waals surface area contributed by atoms with E-state index in [1.54, 1.807) is 20.8 Å². The number of nitrogens with two attached hydrogens (primary N) is 1. The van der Waals surface area contributed by atoms with E-state index in [2.05, 4.69) is 10.6 Å². The molecule has 0 aliphatic heterocycles. The molecule has 218 valence electrons. The number of benzene rings is 2. The number of nitrogens with zero attached hydrogens (tertiary/aromatic N) is 1. The average molecular weight is 553 g/mol. The lowest BCUT2D eigenvalue weighted by atomic mass is 9.93. The van der Waals surface area contributed by atoms with Gasteiger partial charge in [0.1, 0.15) is 17.7 Å². The molecule has 0 spiro atoms. The number of hydrogen-bond acceptors (Lipinski definition) is 5. The quantitative estimate of drug-likeness (QED) is 0.361. The van der Waals surface area contributed by atoms with E-state index in [0.717, 1.165) is 22.3 Å². The van der Waals surface area contributed by atoms with Crippen molar-refractivity contribution in [1.82, 2.24) is 10.2 Å². The van der Waals surface area contributed by atoms with Crippen LogP contribution in [0.3, 0.4) is 0 Å². The van der Waals surface area contributed by atoms with Gasteiger partial charge in [-0.2, -0.15) is 0 Å². The van der Waals surface area contributed by atoms with Crippen molar-refractivity contribution in [2.45, 2.75) is 92.3 Å². The van der Waals surface area contributed by atoms with E-state index in [-0.39, 0.29) is 25.3 Å². The van der Waals surface area contributed by atoms with Gasteiger partial charge >= 0.3 is 6.09 Å². The Morgan fingerprint density at radius 3 is 1.93 bits per heavy atom. The van der Waals surface area contributed by atoms with Crippen molar-refractivity contribution in [3.63, 3.8) is 0 Å². The van der Waals surface area contributed by atoms with Crippen molar-refractivity contribution in [2.75, 3.05) is 11.9 Å². The van der Waals surface area contributed by atoms with Crippen LogP contribution in [0.1, 0.15) is 80.8 Å². The molecule has 2 unspecified atom stereocenters. The number of rotatable bonds is 11. The summed E-state index contributed by atoms with van der Waals surface area (Å²) in [4.78, 5) is 54.2. The summed E-state index contributed by atoms with van der Waals surface area (Å²) in [5, 5.41) is 5.69. The number of nitrogens with one attached hydrogen (secondary N) is 2. The SMILES string of the molecule is CCCN(C(=O)C(CCC(N)=O)NC(=O)OC(C)(C)C)C(C(=O)Nc1c(C)cccc1C)c1c(C)cccc1C. The third kappa shape index (κ3) is 8.83. The molecule has 0 bridgehead atoms. The normalized spacial score (nSPS) is 12.7. The van der Waals surface area contributed by atoms with Crippen LogP contribution in [0.2, 0.25) is 0 Å². The zero-order valence-electron chi connectivity index (χ0n) is 25.0. The van der Waals surface area contributed by atoms with Gasteiger partial charge in [-0.05, 0) is 89.1 Å². The molecule has 0 saturated heterocycles. The Kier molecular flexibility index (Phi) is 11.3. The number of aryl methyl sites for hydroxylation is 4. The minimum Gasteiger partial charge on any atom is -0.444 e. The van der Waals surface area contributed by atoms with Gasteiger partial charge in [-0.1, -0.05) is 43.3 Å². The van der Waals surface area contributed by atoms with Gasteiger partial charge in [-0.3, -0.25) is 14.4 Å². The Morgan fingerprint density at radius 2 is 1.45 bits per heavy atom. The van der Waals surface area contributed by atoms with Crippen LogP contribution in [0.5, 0.6) is 0 Å². The van der Waals surface area contributed by atoms with Gasteiger partial charge in [0.2, 0.25) is 11.8 Å². The summed E-state index contributed by atoms with van der Waals surface area (Å²) in [6.07, 6.45) is -0.408. The topological polar surface area (TPSA) is 131 Å². The molecule has 2 rings (SSSR count). The largest absolute Gasteiger partial charge is 0.444 e. The molecule has 40 heavy (non-hydrogen) atoms. The van der Waals surface area contributed by atoms with E-state index in [0.29, 0.717) is 17.7 Å². The second-order valence-corrected chi connectivity index (χ2v) is 11.2. The Labute approximate surface area is 237 Å². The van der Waals surface area contributed by atoms with Crippen LogP contribution in [-0.4, -0.2) is 46.9 Å². The van der Waals surface area contributed by atoms with Gasteiger partial charge in [0.15, 0.2) is 0 Å². The number of alkyl carbamates (subject to hydrolysis) is 1. The minimum absolute atomic E-state index is 0.0361. The Balaban J connectivity index is 2.62. The fraction of sp³-hybridized carbons (Fsp3) is 0.484. The fourth-order valence-electron chi connectivity index (χ4n) is 4.69. The summed E-state index contributed by atoms with van der Waals surface area (Å²) < 4.78 is 5.38. The second-order valence-electron chi connectivity index (χ2n) is 11.2. The van der Waals surface area contributed by atoms with E-state index in [9.17, 15) is 19.2 Å². The molecule has 2 aromatic carbocycles. The van der Waals surface area contributed by atoms with Crippen LogP contribution in [-0.2, 0) is 19.1 Å². The van der Waals surface area contributed by atoms with Crippen LogP contribution in [0, 0.1) is 27.7 Å². The number of para-hydroxylation sites is 1. The highest BCUT2D eigenvalue weighted by atomic mass is 16.6. The highest BCUT2D eigenvalue weighted by Gasteiger charge is 2.37. The van der Waals surface area contributed by atoms with E-state index in [1.165, 1.54) is 4.90 Å². The molecular weight excluding hydrogens is 508 g/mol. The molecule has 4 N–H and O–H groups in total. The summed E-state index contributed by atoms with van der Waals surface area (Å²) in [7, 11) is 0. The number of ether oxygens (including phenoxy) is 1. The first kappa shape index (κ1) is 32.3. The molecule has 4 amide bonds. The van der Waals surface area contributed by atoms with Gasteiger partial charge < -0.3 is 26.0 Å². The Morgan fingerprint density at radius 1 is 0.925 bits per heavy atom. The van der Waals surface area contributed by atoms with Gasteiger partial charge in [-0.15, -0.1) is 0 Å². The van der Waals surface area contributed by atoms with Crippen molar-refractivity contribution in [2.24, 2.45) is 5.73 Å². The van der Waals surface area contributed by atoms with Gasteiger partial charge in [0.25, 0.3) is 5.91 Å². The van der Waals surface area contributed by atoms with Crippen LogP contribution < -0.4 is 16.4 Å². The molecule has 0 aliphatic carbocycles. The van der Waals surface area contributed by atoms with E-state index in [4.69, 9.17) is 10.5 Å². The number of carbonyl (C=O) groups excluding carboxylic acids is 4. The average Bonchev–Trinajstić information content (AvgIpc) is 2.83. The first-order valence-corrected chi connectivity index (χ1v) is 13.7. The highest BCUT2D eigenvalue weighted by Crippen LogP contribution is 2.31. The first-order valence-electron chi connectivity index (χ1n) is 13.7. The van der Waals surface area contributed by atoms with Crippen molar-refractivity contribution in [3.05, 3.63) is 64.2 Å². The highest BCUT2D eigenvalue weighted by molar-refractivity contribution is 6.00. The first-order chi connectivity index (χ1) is 18.7. The number of anilines is 1. The lowest BCUT2D eigenvalue weighted by Gasteiger charge is -2.35. The van der Waals surface area contributed by atoms with E-state index < -0.39 is 35.6 Å². The molecule has 2 aromatic rings. The lowest BCUT2D eigenvalue weighted by Crippen LogP contribution is -2.53. The molecule has 9 heteroatoms. The number of primary amides is 1. The summed E-state index contributed by atoms with van der Waals surface area (Å²) in [6.45, 7) is 14.9. The molecule has 2 atom stereocenters. The number of hydrogen-bond donors (Lipinski definition) is 3. The van der Waals surface area contributed by atoms with E-state index >= 15 is 0 Å². The zero-order chi connectivity index (χ0) is 30.2. The van der Waals surface area contributed by atoms with Crippen molar-refractivity contribution < 1.29 is 23.9 Å². The number of carbonyl (C=O) groups is 4. The molecule has 0 aromatic heterocycles. The Bertz CT molecular complexity index is 1190. The smallest absolute Gasteiger partial charge is 0.408 e. The van der Waals surface area contributed by atoms with Crippen LogP contribution >= 0.6 is 0 Å². The summed E-state index contributed by atoms with van der Waals surface area (Å²) in [6, 6.07) is 9.33. The molecule has 0 heterocycles. The van der Waals surface area contributed by atoms with Crippen LogP contribution in [0.15, 0.2) is 36.4 Å².